The highest BCUT2D eigenvalue weighted by Crippen LogP contribution is 2.26. The fourth-order valence-corrected chi connectivity index (χ4v) is 3.87. The maximum Gasteiger partial charge on any atom is 0.305 e. The number of carbonyl (C=O) groups is 1. The van der Waals surface area contributed by atoms with E-state index in [1.807, 2.05) is 0 Å². The first kappa shape index (κ1) is 20.0. The van der Waals surface area contributed by atoms with Crippen LogP contribution in [0.25, 0.3) is 0 Å². The molecule has 6 heteroatoms. The third-order valence-corrected chi connectivity index (χ3v) is 5.28. The van der Waals surface area contributed by atoms with Gasteiger partial charge in [-0.1, -0.05) is 19.3 Å². The molecule has 0 aromatic rings. The number of unbranched alkanes of at least 4 members (excludes halogenated alkanes) is 2. The molecule has 1 unspecified atom stereocenters. The molecule has 2 N–H and O–H groups in total. The summed E-state index contributed by atoms with van der Waals surface area (Å²) < 4.78 is 4.66. The quantitative estimate of drug-likeness (QED) is 0.288. The first-order chi connectivity index (χ1) is 12.2. The topological polar surface area (TPSA) is 66.0 Å². The Balaban J connectivity index is 1.66. The lowest BCUT2D eigenvalue weighted by Crippen LogP contribution is -2.45. The molecule has 1 saturated heterocycles. The minimum atomic E-state index is -0.119. The van der Waals surface area contributed by atoms with Crippen LogP contribution in [0.15, 0.2) is 4.99 Å². The summed E-state index contributed by atoms with van der Waals surface area (Å²) in [5.74, 6) is 0.820. The van der Waals surface area contributed by atoms with E-state index in [9.17, 15) is 4.79 Å². The molecular weight excluding hydrogens is 316 g/mol. The SMILES string of the molecule is CCNC(=NCCCCCC(=O)OC)NC1CCN(C2CCCC2)C1. The van der Waals surface area contributed by atoms with Crippen molar-refractivity contribution < 1.29 is 9.53 Å². The Hall–Kier alpha value is -1.30. The monoisotopic (exact) mass is 352 g/mol. The number of esters is 1. The van der Waals surface area contributed by atoms with Gasteiger partial charge in [0, 0.05) is 44.7 Å². The molecule has 2 aliphatic rings. The summed E-state index contributed by atoms with van der Waals surface area (Å²) in [5, 5.41) is 6.97. The van der Waals surface area contributed by atoms with Crippen molar-refractivity contribution >= 4 is 11.9 Å². The number of guanidine groups is 1. The molecule has 0 amide bonds. The van der Waals surface area contributed by atoms with Crippen LogP contribution >= 0.6 is 0 Å². The lowest BCUT2D eigenvalue weighted by atomic mass is 10.2. The van der Waals surface area contributed by atoms with Crippen molar-refractivity contribution in [2.24, 2.45) is 4.99 Å². The number of ether oxygens (including phenoxy) is 1. The number of nitrogens with one attached hydrogen (secondary N) is 2. The van der Waals surface area contributed by atoms with E-state index in [0.29, 0.717) is 12.5 Å². The van der Waals surface area contributed by atoms with E-state index in [1.165, 1.54) is 45.8 Å². The van der Waals surface area contributed by atoms with Crippen LogP contribution in [0.4, 0.5) is 0 Å². The smallest absolute Gasteiger partial charge is 0.305 e. The zero-order valence-corrected chi connectivity index (χ0v) is 16.1. The largest absolute Gasteiger partial charge is 0.469 e. The van der Waals surface area contributed by atoms with Crippen LogP contribution in [0.2, 0.25) is 0 Å². The third kappa shape index (κ3) is 7.22. The summed E-state index contributed by atoms with van der Waals surface area (Å²) in [6, 6.07) is 1.33. The van der Waals surface area contributed by atoms with E-state index >= 15 is 0 Å². The van der Waals surface area contributed by atoms with Gasteiger partial charge in [-0.15, -0.1) is 0 Å². The standard InChI is InChI=1S/C19H36N4O2/c1-3-20-19(21-13-8-4-5-11-18(24)25-2)22-16-12-14-23(15-16)17-9-6-7-10-17/h16-17H,3-15H2,1-2H3,(H2,20,21,22). The Morgan fingerprint density at radius 1 is 1.20 bits per heavy atom. The molecule has 0 bridgehead atoms. The van der Waals surface area contributed by atoms with Crippen LogP contribution in [0.3, 0.4) is 0 Å². The molecule has 144 valence electrons. The number of likely N-dealkylation sites (tertiary alicyclic amines) is 1. The van der Waals surface area contributed by atoms with E-state index in [4.69, 9.17) is 4.99 Å². The summed E-state index contributed by atoms with van der Waals surface area (Å²) in [5.41, 5.74) is 0. The number of hydrogen-bond acceptors (Lipinski definition) is 4. The number of nitrogens with zero attached hydrogens (tertiary/aromatic N) is 2. The van der Waals surface area contributed by atoms with Gasteiger partial charge in [0.25, 0.3) is 0 Å². The van der Waals surface area contributed by atoms with E-state index in [-0.39, 0.29) is 5.97 Å². The molecular formula is C19H36N4O2. The molecule has 1 aliphatic carbocycles. The van der Waals surface area contributed by atoms with Gasteiger partial charge in [-0.2, -0.15) is 0 Å². The minimum Gasteiger partial charge on any atom is -0.469 e. The summed E-state index contributed by atoms with van der Waals surface area (Å²) in [7, 11) is 1.44. The van der Waals surface area contributed by atoms with Gasteiger partial charge < -0.3 is 15.4 Å². The zero-order chi connectivity index (χ0) is 17.9. The average molecular weight is 353 g/mol. The number of aliphatic imine (C=N–C) groups is 1. The van der Waals surface area contributed by atoms with E-state index in [2.05, 4.69) is 27.2 Å². The van der Waals surface area contributed by atoms with Crippen molar-refractivity contribution in [1.29, 1.82) is 0 Å². The Bertz CT molecular complexity index is 422. The number of rotatable bonds is 9. The molecule has 1 aliphatic heterocycles. The van der Waals surface area contributed by atoms with Crippen molar-refractivity contribution in [2.45, 2.75) is 76.8 Å². The van der Waals surface area contributed by atoms with Crippen LogP contribution in [-0.4, -0.2) is 62.2 Å². The van der Waals surface area contributed by atoms with Gasteiger partial charge in [-0.05, 0) is 39.0 Å². The second-order valence-electron chi connectivity index (χ2n) is 7.21. The lowest BCUT2D eigenvalue weighted by Gasteiger charge is -2.24. The normalized spacial score (nSPS) is 22.3. The Kier molecular flexibility index (Phi) is 9.08. The number of hydrogen-bond donors (Lipinski definition) is 2. The lowest BCUT2D eigenvalue weighted by molar-refractivity contribution is -0.140. The van der Waals surface area contributed by atoms with Crippen LogP contribution in [0.1, 0.15) is 64.7 Å². The average Bonchev–Trinajstić information content (AvgIpc) is 3.29. The van der Waals surface area contributed by atoms with Gasteiger partial charge in [0.15, 0.2) is 5.96 Å². The number of carbonyl (C=O) groups excluding carboxylic acids is 1. The Labute approximate surface area is 152 Å². The van der Waals surface area contributed by atoms with Crippen LogP contribution in [-0.2, 0) is 9.53 Å². The number of methoxy groups -OCH3 is 1. The molecule has 0 aromatic carbocycles. The fraction of sp³-hybridized carbons (Fsp3) is 0.895. The van der Waals surface area contributed by atoms with Crippen molar-refractivity contribution in [3.05, 3.63) is 0 Å². The molecule has 0 aromatic heterocycles. The maximum atomic E-state index is 11.1. The van der Waals surface area contributed by atoms with Gasteiger partial charge in [-0.3, -0.25) is 14.7 Å². The first-order valence-electron chi connectivity index (χ1n) is 10.1. The molecule has 6 nitrogen and oxygen atoms in total. The van der Waals surface area contributed by atoms with Crippen LogP contribution in [0.5, 0.6) is 0 Å². The summed E-state index contributed by atoms with van der Waals surface area (Å²) in [6.45, 7) is 6.15. The van der Waals surface area contributed by atoms with Crippen molar-refractivity contribution in [1.82, 2.24) is 15.5 Å². The highest BCUT2D eigenvalue weighted by Gasteiger charge is 2.30. The summed E-state index contributed by atoms with van der Waals surface area (Å²) in [4.78, 5) is 18.4. The van der Waals surface area contributed by atoms with Crippen LogP contribution < -0.4 is 10.6 Å². The van der Waals surface area contributed by atoms with Crippen molar-refractivity contribution in [2.75, 3.05) is 33.3 Å². The zero-order valence-electron chi connectivity index (χ0n) is 16.1. The molecule has 0 radical (unpaired) electrons. The van der Waals surface area contributed by atoms with Crippen molar-refractivity contribution in [3.8, 4) is 0 Å². The maximum absolute atomic E-state index is 11.1. The van der Waals surface area contributed by atoms with E-state index in [1.54, 1.807) is 0 Å². The highest BCUT2D eigenvalue weighted by molar-refractivity contribution is 5.80. The first-order valence-corrected chi connectivity index (χ1v) is 10.1. The van der Waals surface area contributed by atoms with Crippen LogP contribution in [0, 0.1) is 0 Å². The minimum absolute atomic E-state index is 0.119. The molecule has 2 rings (SSSR count). The van der Waals surface area contributed by atoms with Crippen molar-refractivity contribution in [3.63, 3.8) is 0 Å². The van der Waals surface area contributed by atoms with Gasteiger partial charge in [0.2, 0.25) is 0 Å². The Morgan fingerprint density at radius 2 is 2.00 bits per heavy atom. The second kappa shape index (κ2) is 11.3. The fourth-order valence-electron chi connectivity index (χ4n) is 3.87. The molecule has 1 heterocycles. The predicted molar refractivity (Wildman–Crippen MR) is 102 cm³/mol. The van der Waals surface area contributed by atoms with Gasteiger partial charge >= 0.3 is 5.97 Å². The molecule has 0 spiro atoms. The summed E-state index contributed by atoms with van der Waals surface area (Å²) in [6.07, 6.45) is 10.2. The summed E-state index contributed by atoms with van der Waals surface area (Å²) >= 11 is 0. The van der Waals surface area contributed by atoms with Gasteiger partial charge in [-0.25, -0.2) is 0 Å². The second-order valence-corrected chi connectivity index (χ2v) is 7.21. The Morgan fingerprint density at radius 3 is 2.72 bits per heavy atom. The predicted octanol–water partition coefficient (Wildman–Crippen LogP) is 2.29. The third-order valence-electron chi connectivity index (χ3n) is 5.28. The molecule has 1 atom stereocenters. The molecule has 2 fully saturated rings. The molecule has 25 heavy (non-hydrogen) atoms. The molecule has 1 saturated carbocycles. The van der Waals surface area contributed by atoms with Gasteiger partial charge in [0.05, 0.1) is 7.11 Å². The van der Waals surface area contributed by atoms with E-state index in [0.717, 1.165) is 50.9 Å². The van der Waals surface area contributed by atoms with E-state index < -0.39 is 0 Å². The highest BCUT2D eigenvalue weighted by atomic mass is 16.5. The van der Waals surface area contributed by atoms with Gasteiger partial charge in [0.1, 0.15) is 0 Å².